The van der Waals surface area contributed by atoms with Crippen LogP contribution >= 0.6 is 0 Å². The molecular formula is C37H55N5O12. The number of hydrogen-bond donors (Lipinski definition) is 7. The Morgan fingerprint density at radius 2 is 1.81 bits per heavy atom. The topological polar surface area (TPSA) is 244 Å². The van der Waals surface area contributed by atoms with Crippen LogP contribution in [0.15, 0.2) is 36.4 Å². The van der Waals surface area contributed by atoms with Crippen LogP contribution in [0.3, 0.4) is 0 Å². The molecule has 0 aromatic heterocycles. The predicted octanol–water partition coefficient (Wildman–Crippen LogP) is 2.83. The molecule has 1 aromatic rings. The molecule has 2 heterocycles. The molecule has 17 heteroatoms. The Bertz CT molecular complexity index is 1440. The van der Waals surface area contributed by atoms with E-state index < -0.39 is 66.0 Å². The third kappa shape index (κ3) is 15.4. The highest BCUT2D eigenvalue weighted by Crippen LogP contribution is 2.28. The van der Waals surface area contributed by atoms with Gasteiger partial charge in [0.2, 0.25) is 11.8 Å². The number of esters is 1. The smallest absolute Gasteiger partial charge is 0.328 e. The lowest BCUT2D eigenvalue weighted by Gasteiger charge is -2.23. The molecule has 2 fully saturated rings. The number of phenols is 1. The largest absolute Gasteiger partial charge is 0.508 e. The standard InChI is InChI=1S/C37H55N5O12/c1-25(23-31(44)38-27-16-11-14-22-42(52)36(27)49)54-37(50)28(39-34(48)29-24-53-35(40-29)26-15-9-10-18-30(26)43)17-12-13-21-41(51)32(45)19-7-5-3-2-4-6-8-20-33(46)47/h7,9-10,15,18-19,25,27-29,35,40,43,51-52H,2-6,8,11-14,16-17,20-24H2,1H3,(H,38,44)(H,39,48)(H,46,47)/b19-7-/t25-,27-,28-,29-,35?/m0/s1. The van der Waals surface area contributed by atoms with Gasteiger partial charge in [-0.05, 0) is 70.8 Å². The highest BCUT2D eigenvalue weighted by atomic mass is 16.5. The number of aromatic hydroxyl groups is 1. The van der Waals surface area contributed by atoms with Gasteiger partial charge in [-0.1, -0.05) is 43.5 Å². The number of para-hydroxylation sites is 1. The van der Waals surface area contributed by atoms with Crippen molar-refractivity contribution in [2.75, 3.05) is 19.7 Å². The van der Waals surface area contributed by atoms with Crippen LogP contribution in [0.2, 0.25) is 0 Å². The molecule has 0 aliphatic carbocycles. The van der Waals surface area contributed by atoms with Crippen LogP contribution < -0.4 is 16.0 Å². The van der Waals surface area contributed by atoms with Gasteiger partial charge in [0, 0.05) is 31.1 Å². The van der Waals surface area contributed by atoms with Crippen LogP contribution in [-0.2, 0) is 38.2 Å². The Kier molecular flexibility index (Phi) is 18.9. The Morgan fingerprint density at radius 1 is 1.07 bits per heavy atom. The zero-order chi connectivity index (χ0) is 39.5. The number of carbonyl (C=O) groups is 6. The lowest BCUT2D eigenvalue weighted by molar-refractivity contribution is -0.167. The molecular weight excluding hydrogens is 706 g/mol. The first-order valence-corrected chi connectivity index (χ1v) is 18.7. The maximum atomic E-state index is 13.4. The molecule has 2 aliphatic rings. The monoisotopic (exact) mass is 761 g/mol. The van der Waals surface area contributed by atoms with Crippen molar-refractivity contribution in [1.82, 2.24) is 26.1 Å². The summed E-state index contributed by atoms with van der Waals surface area (Å²) in [5.74, 6) is -3.96. The van der Waals surface area contributed by atoms with Gasteiger partial charge in [-0.2, -0.15) is 0 Å². The van der Waals surface area contributed by atoms with Crippen molar-refractivity contribution in [3.8, 4) is 5.75 Å². The van der Waals surface area contributed by atoms with E-state index in [1.54, 1.807) is 24.3 Å². The number of carboxylic acid groups (broad SMARTS) is 1. The average molecular weight is 762 g/mol. The lowest BCUT2D eigenvalue weighted by atomic mass is 10.1. The number of hydroxylamine groups is 4. The van der Waals surface area contributed by atoms with Crippen molar-refractivity contribution < 1.29 is 58.9 Å². The first-order chi connectivity index (χ1) is 25.8. The highest BCUT2D eigenvalue weighted by molar-refractivity contribution is 5.89. The van der Waals surface area contributed by atoms with Crippen LogP contribution in [-0.4, -0.2) is 110 Å². The SMILES string of the molecule is C[C@@H](CC(=O)N[C@H]1CCCCN(O)C1=O)OC(=O)[C@H](CCCCN(O)C(=O)/C=C\CCCCCCCC(=O)O)NC(=O)[C@@H]1COC(c2ccccc2O)N1. The highest BCUT2D eigenvalue weighted by Gasteiger charge is 2.35. The van der Waals surface area contributed by atoms with E-state index in [4.69, 9.17) is 14.6 Å². The number of amides is 4. The summed E-state index contributed by atoms with van der Waals surface area (Å²) in [5.41, 5.74) is 0.441. The fourth-order valence-corrected chi connectivity index (χ4v) is 6.09. The molecule has 1 aromatic carbocycles. The molecule has 54 heavy (non-hydrogen) atoms. The van der Waals surface area contributed by atoms with E-state index in [0.29, 0.717) is 54.2 Å². The summed E-state index contributed by atoms with van der Waals surface area (Å²) < 4.78 is 11.2. The third-order valence-electron chi connectivity index (χ3n) is 9.10. The predicted molar refractivity (Wildman–Crippen MR) is 192 cm³/mol. The molecule has 4 amide bonds. The molecule has 0 radical (unpaired) electrons. The van der Waals surface area contributed by atoms with Crippen molar-refractivity contribution >= 4 is 35.6 Å². The molecule has 7 N–H and O–H groups in total. The molecule has 0 bridgehead atoms. The van der Waals surface area contributed by atoms with Crippen molar-refractivity contribution in [2.24, 2.45) is 0 Å². The van der Waals surface area contributed by atoms with Crippen molar-refractivity contribution in [3.63, 3.8) is 0 Å². The van der Waals surface area contributed by atoms with Crippen molar-refractivity contribution in [2.45, 2.75) is 127 Å². The summed E-state index contributed by atoms with van der Waals surface area (Å²) in [5, 5.41) is 48.4. The number of aliphatic carboxylic acids is 1. The van der Waals surface area contributed by atoms with Gasteiger partial charge in [-0.15, -0.1) is 0 Å². The van der Waals surface area contributed by atoms with Gasteiger partial charge in [-0.25, -0.2) is 14.9 Å². The normalized spacial score (nSPS) is 19.9. The second-order valence-corrected chi connectivity index (χ2v) is 13.6. The van der Waals surface area contributed by atoms with E-state index in [0.717, 1.165) is 25.7 Å². The number of phenolic OH excluding ortho intramolecular Hbond substituents is 1. The Morgan fingerprint density at radius 3 is 2.57 bits per heavy atom. The van der Waals surface area contributed by atoms with E-state index in [-0.39, 0.29) is 51.1 Å². The van der Waals surface area contributed by atoms with Crippen LogP contribution in [0.5, 0.6) is 5.75 Å². The van der Waals surface area contributed by atoms with Gasteiger partial charge in [0.1, 0.15) is 36.2 Å². The first-order valence-electron chi connectivity index (χ1n) is 18.7. The number of unbranched alkanes of at least 4 members (excludes halogenated alkanes) is 6. The molecule has 300 valence electrons. The van der Waals surface area contributed by atoms with Crippen LogP contribution in [0.4, 0.5) is 0 Å². The van der Waals surface area contributed by atoms with Crippen molar-refractivity contribution in [1.29, 1.82) is 0 Å². The molecule has 2 saturated heterocycles. The zero-order valence-corrected chi connectivity index (χ0v) is 30.8. The third-order valence-corrected chi connectivity index (χ3v) is 9.10. The van der Waals surface area contributed by atoms with Gasteiger partial charge >= 0.3 is 11.9 Å². The number of hydrogen-bond acceptors (Lipinski definition) is 12. The molecule has 0 spiro atoms. The van der Waals surface area contributed by atoms with Crippen LogP contribution in [0, 0.1) is 0 Å². The lowest BCUT2D eigenvalue weighted by Crippen LogP contribution is -2.50. The number of nitrogens with one attached hydrogen (secondary N) is 3. The van der Waals surface area contributed by atoms with E-state index in [9.17, 15) is 44.3 Å². The second-order valence-electron chi connectivity index (χ2n) is 13.6. The number of carbonyl (C=O) groups excluding carboxylic acids is 5. The summed E-state index contributed by atoms with van der Waals surface area (Å²) in [4.78, 5) is 74.6. The molecule has 1 unspecified atom stereocenters. The Balaban J connectivity index is 1.50. The maximum Gasteiger partial charge on any atom is 0.328 e. The van der Waals surface area contributed by atoms with Gasteiger partial charge in [-0.3, -0.25) is 39.7 Å². The fourth-order valence-electron chi connectivity index (χ4n) is 6.09. The number of carboxylic acids is 1. The zero-order valence-electron chi connectivity index (χ0n) is 30.8. The summed E-state index contributed by atoms with van der Waals surface area (Å²) in [6, 6.07) is 3.58. The first kappa shape index (κ1) is 43.8. The summed E-state index contributed by atoms with van der Waals surface area (Å²) in [6.07, 6.45) is 8.12. The molecule has 0 saturated carbocycles. The quantitative estimate of drug-likeness (QED) is 0.0296. The number of nitrogens with zero attached hydrogens (tertiary/aromatic N) is 2. The van der Waals surface area contributed by atoms with E-state index in [1.807, 2.05) is 0 Å². The Labute approximate surface area is 314 Å². The summed E-state index contributed by atoms with van der Waals surface area (Å²) in [7, 11) is 0. The van der Waals surface area contributed by atoms with Gasteiger partial charge in [0.05, 0.1) is 13.0 Å². The molecule has 2 aliphatic heterocycles. The van der Waals surface area contributed by atoms with E-state index in [2.05, 4.69) is 16.0 Å². The van der Waals surface area contributed by atoms with Crippen LogP contribution in [0.25, 0.3) is 0 Å². The maximum absolute atomic E-state index is 13.4. The average Bonchev–Trinajstić information content (AvgIpc) is 3.57. The minimum atomic E-state index is -1.16. The summed E-state index contributed by atoms with van der Waals surface area (Å²) >= 11 is 0. The molecule has 17 nitrogen and oxygen atoms in total. The van der Waals surface area contributed by atoms with Gasteiger partial charge in [0.25, 0.3) is 11.8 Å². The van der Waals surface area contributed by atoms with Gasteiger partial charge < -0.3 is 30.3 Å². The Hall–Kier alpha value is -4.58. The van der Waals surface area contributed by atoms with Gasteiger partial charge in [0.15, 0.2) is 0 Å². The molecule has 3 rings (SSSR count). The minimum Gasteiger partial charge on any atom is -0.508 e. The minimum absolute atomic E-state index is 0.0127. The second kappa shape index (κ2) is 23.3. The van der Waals surface area contributed by atoms with Crippen molar-refractivity contribution in [3.05, 3.63) is 42.0 Å². The number of allylic oxidation sites excluding steroid dienone is 1. The molecule has 5 atom stereocenters. The summed E-state index contributed by atoms with van der Waals surface area (Å²) in [6.45, 7) is 1.59. The fraction of sp³-hybridized carbons (Fsp3) is 0.622. The van der Waals surface area contributed by atoms with E-state index >= 15 is 0 Å². The number of rotatable bonds is 22. The van der Waals surface area contributed by atoms with Crippen LogP contribution in [0.1, 0.15) is 109 Å². The number of benzene rings is 1. The number of ether oxygens (including phenoxy) is 2. The van der Waals surface area contributed by atoms with E-state index in [1.165, 1.54) is 19.1 Å².